The number of carboxylic acids is 1. The van der Waals surface area contributed by atoms with Crippen LogP contribution in [0.1, 0.15) is 21.6 Å². The first-order valence-corrected chi connectivity index (χ1v) is 8.34. The Hall–Kier alpha value is -3.29. The largest absolute Gasteiger partial charge is 0.477 e. The monoisotopic (exact) mass is 390 g/mol. The van der Waals surface area contributed by atoms with Gasteiger partial charge in [0, 0.05) is 36.2 Å². The number of likely N-dealkylation sites (N-methyl/N-ethyl adjacent to an activating group) is 1. The molecule has 5 nitrogen and oxygen atoms in total. The molecule has 1 aromatic heterocycles. The summed E-state index contributed by atoms with van der Waals surface area (Å²) in [5.74, 6) is -1.69. The molecule has 0 unspecified atom stereocenters. The van der Waals surface area contributed by atoms with Crippen molar-refractivity contribution in [2.75, 3.05) is 11.9 Å². The predicted molar refractivity (Wildman–Crippen MR) is 98.4 cm³/mol. The SMILES string of the molecule is CN(C(=O)Cc1c(C(=O)O)n(C)c2ccccc12)c1cccc(C(F)(F)F)c1. The number of benzene rings is 2. The third kappa shape index (κ3) is 3.45. The number of hydrogen-bond donors (Lipinski definition) is 1. The van der Waals surface area contributed by atoms with Crippen LogP contribution < -0.4 is 4.90 Å². The second kappa shape index (κ2) is 7.03. The molecule has 2 aromatic carbocycles. The molecule has 0 saturated carbocycles. The first-order valence-electron chi connectivity index (χ1n) is 8.34. The number of aromatic nitrogens is 1. The van der Waals surface area contributed by atoms with Gasteiger partial charge in [0.1, 0.15) is 5.69 Å². The zero-order chi connectivity index (χ0) is 20.6. The second-order valence-corrected chi connectivity index (χ2v) is 6.39. The molecule has 0 bridgehead atoms. The minimum absolute atomic E-state index is 0.0213. The number of rotatable bonds is 4. The summed E-state index contributed by atoms with van der Waals surface area (Å²) in [5.41, 5.74) is 0.184. The average Bonchev–Trinajstić information content (AvgIpc) is 2.93. The number of carbonyl (C=O) groups is 2. The first-order chi connectivity index (χ1) is 13.1. The highest BCUT2D eigenvalue weighted by atomic mass is 19.4. The van der Waals surface area contributed by atoms with Crippen LogP contribution in [0, 0.1) is 0 Å². The van der Waals surface area contributed by atoms with Gasteiger partial charge in [-0.25, -0.2) is 4.79 Å². The van der Waals surface area contributed by atoms with Gasteiger partial charge in [0.05, 0.1) is 12.0 Å². The molecule has 0 radical (unpaired) electrons. The van der Waals surface area contributed by atoms with Crippen LogP contribution in [0.5, 0.6) is 0 Å². The Morgan fingerprint density at radius 1 is 1.11 bits per heavy atom. The van der Waals surface area contributed by atoms with Gasteiger partial charge in [-0.05, 0) is 24.3 Å². The maximum atomic E-state index is 12.9. The molecule has 0 aliphatic rings. The number of fused-ring (bicyclic) bond motifs is 1. The lowest BCUT2D eigenvalue weighted by Gasteiger charge is -2.19. The summed E-state index contributed by atoms with van der Waals surface area (Å²) in [4.78, 5) is 25.6. The second-order valence-electron chi connectivity index (χ2n) is 6.39. The molecule has 28 heavy (non-hydrogen) atoms. The Morgan fingerprint density at radius 3 is 2.43 bits per heavy atom. The maximum absolute atomic E-state index is 12.9. The Morgan fingerprint density at radius 2 is 1.79 bits per heavy atom. The molecule has 146 valence electrons. The molecule has 0 aliphatic carbocycles. The lowest BCUT2D eigenvalue weighted by atomic mass is 10.1. The molecule has 0 aliphatic heterocycles. The number of hydrogen-bond acceptors (Lipinski definition) is 2. The highest BCUT2D eigenvalue weighted by molar-refractivity contribution is 6.03. The van der Waals surface area contributed by atoms with E-state index in [1.54, 1.807) is 31.3 Å². The molecule has 8 heteroatoms. The highest BCUT2D eigenvalue weighted by Crippen LogP contribution is 2.32. The van der Waals surface area contributed by atoms with Crippen molar-refractivity contribution in [3.05, 3.63) is 65.4 Å². The lowest BCUT2D eigenvalue weighted by molar-refractivity contribution is -0.137. The quantitative estimate of drug-likeness (QED) is 0.730. The zero-order valence-electron chi connectivity index (χ0n) is 15.1. The van der Waals surface area contributed by atoms with Crippen molar-refractivity contribution in [1.29, 1.82) is 0 Å². The number of halogens is 3. The van der Waals surface area contributed by atoms with Crippen molar-refractivity contribution < 1.29 is 27.9 Å². The van der Waals surface area contributed by atoms with E-state index in [1.165, 1.54) is 23.7 Å². The van der Waals surface area contributed by atoms with E-state index in [1.807, 2.05) is 0 Å². The van der Waals surface area contributed by atoms with Crippen molar-refractivity contribution in [3.63, 3.8) is 0 Å². The number of alkyl halides is 3. The molecule has 1 heterocycles. The molecule has 1 amide bonds. The van der Waals surface area contributed by atoms with Gasteiger partial charge in [0.25, 0.3) is 0 Å². The van der Waals surface area contributed by atoms with E-state index in [-0.39, 0.29) is 17.8 Å². The molecular weight excluding hydrogens is 373 g/mol. The van der Waals surface area contributed by atoms with E-state index >= 15 is 0 Å². The zero-order valence-corrected chi connectivity index (χ0v) is 15.1. The van der Waals surface area contributed by atoms with Crippen LogP contribution in [0.25, 0.3) is 10.9 Å². The van der Waals surface area contributed by atoms with Crippen molar-refractivity contribution in [2.45, 2.75) is 12.6 Å². The molecule has 3 aromatic rings. The van der Waals surface area contributed by atoms with E-state index in [0.29, 0.717) is 16.5 Å². The predicted octanol–water partition coefficient (Wildman–Crippen LogP) is 4.10. The third-order valence-electron chi connectivity index (χ3n) is 4.68. The summed E-state index contributed by atoms with van der Waals surface area (Å²) in [7, 11) is 2.96. The highest BCUT2D eigenvalue weighted by Gasteiger charge is 2.31. The van der Waals surface area contributed by atoms with Gasteiger partial charge >= 0.3 is 12.1 Å². The topological polar surface area (TPSA) is 62.5 Å². The van der Waals surface area contributed by atoms with Crippen LogP contribution in [0.15, 0.2) is 48.5 Å². The number of carbonyl (C=O) groups excluding carboxylic acids is 1. The summed E-state index contributed by atoms with van der Waals surface area (Å²) in [5, 5.41) is 10.2. The molecule has 3 rings (SSSR count). The molecule has 0 fully saturated rings. The van der Waals surface area contributed by atoms with E-state index < -0.39 is 23.6 Å². The minimum atomic E-state index is -4.52. The first kappa shape index (κ1) is 19.5. The summed E-state index contributed by atoms with van der Waals surface area (Å²) >= 11 is 0. The van der Waals surface area contributed by atoms with E-state index in [2.05, 4.69) is 0 Å². The number of nitrogens with zero attached hydrogens (tertiary/aromatic N) is 2. The minimum Gasteiger partial charge on any atom is -0.477 e. The number of aromatic carboxylic acids is 1. The summed E-state index contributed by atoms with van der Waals surface area (Å²) in [6.07, 6.45) is -4.78. The van der Waals surface area contributed by atoms with Crippen LogP contribution in [-0.4, -0.2) is 28.6 Å². The van der Waals surface area contributed by atoms with E-state index in [4.69, 9.17) is 0 Å². The van der Waals surface area contributed by atoms with Crippen LogP contribution in [0.3, 0.4) is 0 Å². The van der Waals surface area contributed by atoms with Gasteiger partial charge < -0.3 is 14.6 Å². The molecular formula is C20H17F3N2O3. The summed E-state index contributed by atoms with van der Waals surface area (Å²) in [6, 6.07) is 11.4. The van der Waals surface area contributed by atoms with Crippen molar-refractivity contribution in [2.24, 2.45) is 7.05 Å². The number of para-hydroxylation sites is 1. The number of anilines is 1. The lowest BCUT2D eigenvalue weighted by Crippen LogP contribution is -2.28. The molecule has 0 spiro atoms. The fraction of sp³-hybridized carbons (Fsp3) is 0.200. The van der Waals surface area contributed by atoms with Gasteiger partial charge in [0.2, 0.25) is 5.91 Å². The average molecular weight is 390 g/mol. The fourth-order valence-corrected chi connectivity index (χ4v) is 3.23. The third-order valence-corrected chi connectivity index (χ3v) is 4.68. The summed E-state index contributed by atoms with van der Waals surface area (Å²) in [6.45, 7) is 0. The van der Waals surface area contributed by atoms with Crippen molar-refractivity contribution in [3.8, 4) is 0 Å². The number of carboxylic acid groups (broad SMARTS) is 1. The Bertz CT molecular complexity index is 1070. The van der Waals surface area contributed by atoms with Gasteiger partial charge in [0.15, 0.2) is 0 Å². The Kier molecular flexibility index (Phi) is 4.89. The van der Waals surface area contributed by atoms with Gasteiger partial charge in [-0.3, -0.25) is 4.79 Å². The van der Waals surface area contributed by atoms with Crippen LogP contribution in [0.2, 0.25) is 0 Å². The van der Waals surface area contributed by atoms with Gasteiger partial charge in [-0.1, -0.05) is 24.3 Å². The van der Waals surface area contributed by atoms with E-state index in [0.717, 1.165) is 17.0 Å². The molecule has 1 N–H and O–H groups in total. The molecule has 0 saturated heterocycles. The Labute approximate surface area is 158 Å². The fourth-order valence-electron chi connectivity index (χ4n) is 3.23. The number of amides is 1. The van der Waals surface area contributed by atoms with Crippen LogP contribution >= 0.6 is 0 Å². The van der Waals surface area contributed by atoms with Crippen molar-refractivity contribution >= 4 is 28.5 Å². The van der Waals surface area contributed by atoms with Crippen molar-refractivity contribution in [1.82, 2.24) is 4.57 Å². The standard InChI is InChI=1S/C20H17F3N2O3/c1-24(13-7-5-6-12(10-13)20(21,22)23)17(26)11-15-14-8-3-4-9-16(14)25(2)18(15)19(27)28/h3-10H,11H2,1-2H3,(H,27,28). The van der Waals surface area contributed by atoms with Crippen LogP contribution in [0.4, 0.5) is 18.9 Å². The van der Waals surface area contributed by atoms with Gasteiger partial charge in [-0.2, -0.15) is 13.2 Å². The number of aryl methyl sites for hydroxylation is 1. The van der Waals surface area contributed by atoms with E-state index in [9.17, 15) is 27.9 Å². The smallest absolute Gasteiger partial charge is 0.416 e. The van der Waals surface area contributed by atoms with Crippen LogP contribution in [-0.2, 0) is 24.4 Å². The normalized spacial score (nSPS) is 11.6. The van der Waals surface area contributed by atoms with Gasteiger partial charge in [-0.15, -0.1) is 0 Å². The molecule has 0 atom stereocenters. The maximum Gasteiger partial charge on any atom is 0.416 e. The summed E-state index contributed by atoms with van der Waals surface area (Å²) < 4.78 is 40.3. The Balaban J connectivity index is 1.98.